The van der Waals surface area contributed by atoms with E-state index in [0.717, 1.165) is 0 Å². The first-order chi connectivity index (χ1) is 8.88. The Hall–Kier alpha value is -1.62. The van der Waals surface area contributed by atoms with Gasteiger partial charge in [0.2, 0.25) is 0 Å². The van der Waals surface area contributed by atoms with E-state index in [-0.39, 0.29) is 11.8 Å². The molecule has 0 aromatic heterocycles. The average molecular weight is 269 g/mol. The Balaban J connectivity index is 3.10. The minimum atomic E-state index is -0.909. The first kappa shape index (κ1) is 15.4. The van der Waals surface area contributed by atoms with E-state index in [4.69, 9.17) is 9.84 Å². The van der Waals surface area contributed by atoms with Gasteiger partial charge < -0.3 is 14.7 Å². The van der Waals surface area contributed by atoms with E-state index in [1.54, 1.807) is 45.0 Å². The van der Waals surface area contributed by atoms with Gasteiger partial charge >= 0.3 is 5.97 Å². The molecule has 0 aliphatic heterocycles. The average Bonchev–Trinajstić information content (AvgIpc) is 2.32. The molecule has 2 unspecified atom stereocenters. The first-order valence-electron chi connectivity index (χ1n) is 6.20. The summed E-state index contributed by atoms with van der Waals surface area (Å²) in [7, 11) is 3.55. The standard InChI is InChI=1S/C14H20FNO3/c1-5-19-12-7-6-10(8-11(12)15)13(16(3)4)9(2)14(17)18/h6-9,13H,5H2,1-4H3,(H,17,18). The molecule has 19 heavy (non-hydrogen) atoms. The number of carboxylic acids is 1. The van der Waals surface area contributed by atoms with Gasteiger partial charge in [0.05, 0.1) is 12.5 Å². The van der Waals surface area contributed by atoms with Crippen molar-refractivity contribution in [3.05, 3.63) is 29.6 Å². The van der Waals surface area contributed by atoms with Gasteiger partial charge in [-0.2, -0.15) is 0 Å². The monoisotopic (exact) mass is 269 g/mol. The van der Waals surface area contributed by atoms with Gasteiger partial charge in [-0.25, -0.2) is 4.39 Å². The Labute approximate surface area is 112 Å². The highest BCUT2D eigenvalue weighted by Crippen LogP contribution is 2.30. The van der Waals surface area contributed by atoms with Gasteiger partial charge in [-0.1, -0.05) is 13.0 Å². The highest BCUT2D eigenvalue weighted by Gasteiger charge is 2.27. The van der Waals surface area contributed by atoms with Crippen LogP contribution in [-0.2, 0) is 4.79 Å². The predicted octanol–water partition coefficient (Wildman–Crippen LogP) is 2.55. The Morgan fingerprint density at radius 3 is 2.53 bits per heavy atom. The van der Waals surface area contributed by atoms with Crippen LogP contribution in [0.3, 0.4) is 0 Å². The van der Waals surface area contributed by atoms with E-state index in [2.05, 4.69) is 0 Å². The fraction of sp³-hybridized carbons (Fsp3) is 0.500. The van der Waals surface area contributed by atoms with Crippen LogP contribution in [0, 0.1) is 11.7 Å². The summed E-state index contributed by atoms with van der Waals surface area (Å²) in [6.45, 7) is 3.78. The largest absolute Gasteiger partial charge is 0.491 e. The van der Waals surface area contributed by atoms with Gasteiger partial charge in [0.15, 0.2) is 11.6 Å². The summed E-state index contributed by atoms with van der Waals surface area (Å²) in [6, 6.07) is 4.20. The van der Waals surface area contributed by atoms with E-state index >= 15 is 0 Å². The minimum Gasteiger partial charge on any atom is -0.491 e. The third-order valence-electron chi connectivity index (χ3n) is 3.02. The number of nitrogens with zero attached hydrogens (tertiary/aromatic N) is 1. The van der Waals surface area contributed by atoms with E-state index in [0.29, 0.717) is 12.2 Å². The van der Waals surface area contributed by atoms with Gasteiger partial charge in [-0.05, 0) is 38.7 Å². The Bertz CT molecular complexity index is 448. The van der Waals surface area contributed by atoms with Crippen molar-refractivity contribution >= 4 is 5.97 Å². The molecule has 0 radical (unpaired) electrons. The highest BCUT2D eigenvalue weighted by atomic mass is 19.1. The maximum atomic E-state index is 13.8. The van der Waals surface area contributed by atoms with Gasteiger partial charge in [0.25, 0.3) is 0 Å². The quantitative estimate of drug-likeness (QED) is 0.862. The lowest BCUT2D eigenvalue weighted by Gasteiger charge is -2.28. The number of benzene rings is 1. The van der Waals surface area contributed by atoms with Gasteiger partial charge in [-0.15, -0.1) is 0 Å². The van der Waals surface area contributed by atoms with Crippen molar-refractivity contribution in [2.75, 3.05) is 20.7 Å². The fourth-order valence-corrected chi connectivity index (χ4v) is 2.14. The summed E-state index contributed by atoms with van der Waals surface area (Å²) < 4.78 is 19.0. The lowest BCUT2D eigenvalue weighted by molar-refractivity contribution is -0.143. The molecule has 5 heteroatoms. The molecule has 0 fully saturated rings. The number of halogens is 1. The number of ether oxygens (including phenoxy) is 1. The number of hydrogen-bond acceptors (Lipinski definition) is 3. The second-order valence-electron chi connectivity index (χ2n) is 4.66. The number of hydrogen-bond donors (Lipinski definition) is 1. The maximum Gasteiger partial charge on any atom is 0.308 e. The summed E-state index contributed by atoms with van der Waals surface area (Å²) in [6.07, 6.45) is 0. The molecule has 1 rings (SSSR count). The topological polar surface area (TPSA) is 49.8 Å². The minimum absolute atomic E-state index is 0.187. The van der Waals surface area contributed by atoms with Crippen molar-refractivity contribution in [1.82, 2.24) is 4.90 Å². The van der Waals surface area contributed by atoms with Gasteiger partial charge in [0, 0.05) is 6.04 Å². The van der Waals surface area contributed by atoms with Crippen molar-refractivity contribution in [2.24, 2.45) is 5.92 Å². The summed E-state index contributed by atoms with van der Waals surface area (Å²) in [5, 5.41) is 9.13. The highest BCUT2D eigenvalue weighted by molar-refractivity contribution is 5.70. The molecule has 0 spiro atoms. The second-order valence-corrected chi connectivity index (χ2v) is 4.66. The lowest BCUT2D eigenvalue weighted by Crippen LogP contribution is -2.30. The van der Waals surface area contributed by atoms with E-state index in [9.17, 15) is 9.18 Å². The number of carboxylic acid groups (broad SMARTS) is 1. The molecule has 1 aromatic carbocycles. The fourth-order valence-electron chi connectivity index (χ4n) is 2.14. The smallest absolute Gasteiger partial charge is 0.308 e. The molecule has 0 saturated heterocycles. The SMILES string of the molecule is CCOc1ccc(C(C(C)C(=O)O)N(C)C)cc1F. The summed E-state index contributed by atoms with van der Waals surface area (Å²) in [5.74, 6) is -1.82. The van der Waals surface area contributed by atoms with Crippen LogP contribution in [0.4, 0.5) is 4.39 Å². The first-order valence-corrected chi connectivity index (χ1v) is 6.20. The van der Waals surface area contributed by atoms with Crippen LogP contribution in [-0.4, -0.2) is 36.7 Å². The summed E-state index contributed by atoms with van der Waals surface area (Å²) in [5.41, 5.74) is 0.626. The molecular formula is C14H20FNO3. The van der Waals surface area contributed by atoms with E-state index in [1.165, 1.54) is 6.07 Å². The van der Waals surface area contributed by atoms with Crippen molar-refractivity contribution < 1.29 is 19.0 Å². The molecule has 1 aromatic rings. The molecule has 1 N–H and O–H groups in total. The molecule has 106 valence electrons. The van der Waals surface area contributed by atoms with E-state index in [1.807, 2.05) is 0 Å². The summed E-state index contributed by atoms with van der Waals surface area (Å²) >= 11 is 0. The molecule has 0 saturated carbocycles. The number of aliphatic carboxylic acids is 1. The van der Waals surface area contributed by atoms with Crippen molar-refractivity contribution in [1.29, 1.82) is 0 Å². The molecule has 4 nitrogen and oxygen atoms in total. The van der Waals surface area contributed by atoms with Gasteiger partial charge in [0.1, 0.15) is 0 Å². The van der Waals surface area contributed by atoms with Crippen molar-refractivity contribution in [3.8, 4) is 5.75 Å². The molecule has 0 aliphatic carbocycles. The zero-order valence-electron chi connectivity index (χ0n) is 11.7. The van der Waals surface area contributed by atoms with Crippen LogP contribution in [0.25, 0.3) is 0 Å². The Kier molecular flexibility index (Phi) is 5.30. The normalized spacial score (nSPS) is 14.2. The van der Waals surface area contributed by atoms with Crippen molar-refractivity contribution in [3.63, 3.8) is 0 Å². The van der Waals surface area contributed by atoms with Crippen LogP contribution in [0.15, 0.2) is 18.2 Å². The van der Waals surface area contributed by atoms with Crippen LogP contribution >= 0.6 is 0 Å². The van der Waals surface area contributed by atoms with Crippen molar-refractivity contribution in [2.45, 2.75) is 19.9 Å². The maximum absolute atomic E-state index is 13.8. The van der Waals surface area contributed by atoms with Crippen LogP contribution in [0.2, 0.25) is 0 Å². The van der Waals surface area contributed by atoms with Crippen LogP contribution < -0.4 is 4.74 Å². The third kappa shape index (κ3) is 3.67. The Morgan fingerprint density at radius 1 is 1.47 bits per heavy atom. The van der Waals surface area contributed by atoms with E-state index < -0.39 is 17.7 Å². The molecular weight excluding hydrogens is 249 g/mol. The molecule has 0 bridgehead atoms. The number of carbonyl (C=O) groups is 1. The molecule has 0 amide bonds. The molecule has 0 heterocycles. The third-order valence-corrected chi connectivity index (χ3v) is 3.02. The Morgan fingerprint density at radius 2 is 2.11 bits per heavy atom. The van der Waals surface area contributed by atoms with Gasteiger partial charge in [-0.3, -0.25) is 4.79 Å². The molecule has 2 atom stereocenters. The number of rotatable bonds is 6. The zero-order valence-corrected chi connectivity index (χ0v) is 11.7. The van der Waals surface area contributed by atoms with Crippen LogP contribution in [0.1, 0.15) is 25.5 Å². The summed E-state index contributed by atoms with van der Waals surface area (Å²) in [4.78, 5) is 12.9. The predicted molar refractivity (Wildman–Crippen MR) is 70.8 cm³/mol. The lowest BCUT2D eigenvalue weighted by atomic mass is 9.93. The molecule has 0 aliphatic rings. The zero-order chi connectivity index (χ0) is 14.6. The van der Waals surface area contributed by atoms with Crippen LogP contribution in [0.5, 0.6) is 5.75 Å². The second kappa shape index (κ2) is 6.52.